The summed E-state index contributed by atoms with van der Waals surface area (Å²) in [6.07, 6.45) is 6.03. The third-order valence-electron chi connectivity index (χ3n) is 3.45. The van der Waals surface area contributed by atoms with Gasteiger partial charge in [0, 0.05) is 13.5 Å². The van der Waals surface area contributed by atoms with Gasteiger partial charge in [-0.2, -0.15) is 5.10 Å². The molecule has 1 saturated heterocycles. The molecular weight excluding hydrogens is 216 g/mol. The number of hydrogen-bond acceptors (Lipinski definition) is 4. The van der Waals surface area contributed by atoms with Gasteiger partial charge in [-0.3, -0.25) is 9.48 Å². The number of Topliss-reactive ketones (excluding diaryl/α,β-unsaturated/α-hetero) is 1. The standard InChI is InChI=1S/C12H20N4O/c1-16-12(14-9-15-16)8-11(17)3-2-10-4-6-13-7-5-10/h9-10,13H,2-8H2,1H3. The maximum atomic E-state index is 11.8. The van der Waals surface area contributed by atoms with E-state index in [0.717, 1.165) is 31.3 Å². The largest absolute Gasteiger partial charge is 0.317 e. The molecule has 1 N–H and O–H groups in total. The molecule has 17 heavy (non-hydrogen) atoms. The minimum absolute atomic E-state index is 0.277. The number of carbonyl (C=O) groups is 1. The summed E-state index contributed by atoms with van der Waals surface area (Å²) in [5.41, 5.74) is 0. The highest BCUT2D eigenvalue weighted by molar-refractivity contribution is 5.80. The lowest BCUT2D eigenvalue weighted by atomic mass is 9.92. The van der Waals surface area contributed by atoms with Crippen molar-refractivity contribution in [3.63, 3.8) is 0 Å². The molecule has 0 aromatic carbocycles. The molecule has 0 radical (unpaired) electrons. The van der Waals surface area contributed by atoms with Gasteiger partial charge in [0.05, 0.1) is 6.42 Å². The molecule has 2 heterocycles. The van der Waals surface area contributed by atoms with Crippen LogP contribution in [0, 0.1) is 5.92 Å². The summed E-state index contributed by atoms with van der Waals surface area (Å²) in [6.45, 7) is 2.20. The molecule has 0 bridgehead atoms. The number of nitrogens with one attached hydrogen (secondary N) is 1. The summed E-state index contributed by atoms with van der Waals surface area (Å²) in [7, 11) is 1.82. The van der Waals surface area contributed by atoms with E-state index in [4.69, 9.17) is 0 Å². The maximum absolute atomic E-state index is 11.8. The molecular formula is C12H20N4O. The molecule has 1 aromatic heterocycles. The lowest BCUT2D eigenvalue weighted by Crippen LogP contribution is -2.28. The topological polar surface area (TPSA) is 59.8 Å². The predicted molar refractivity (Wildman–Crippen MR) is 64.5 cm³/mol. The Morgan fingerprint density at radius 3 is 2.94 bits per heavy atom. The Morgan fingerprint density at radius 1 is 1.53 bits per heavy atom. The Kier molecular flexibility index (Phi) is 4.25. The van der Waals surface area contributed by atoms with E-state index in [1.165, 1.54) is 19.2 Å². The highest BCUT2D eigenvalue weighted by Crippen LogP contribution is 2.18. The molecule has 1 aliphatic heterocycles. The van der Waals surface area contributed by atoms with Gasteiger partial charge in [0.25, 0.3) is 0 Å². The first-order valence-corrected chi connectivity index (χ1v) is 6.31. The first kappa shape index (κ1) is 12.2. The summed E-state index contributed by atoms with van der Waals surface area (Å²) in [5.74, 6) is 1.76. The monoisotopic (exact) mass is 236 g/mol. The second-order valence-corrected chi connectivity index (χ2v) is 4.75. The summed E-state index contributed by atoms with van der Waals surface area (Å²) in [5, 5.41) is 7.30. The van der Waals surface area contributed by atoms with Gasteiger partial charge in [-0.1, -0.05) is 0 Å². The summed E-state index contributed by atoms with van der Waals surface area (Å²) in [4.78, 5) is 15.9. The zero-order valence-electron chi connectivity index (χ0n) is 10.4. The molecule has 1 fully saturated rings. The molecule has 0 spiro atoms. The van der Waals surface area contributed by atoms with Crippen LogP contribution in [0.4, 0.5) is 0 Å². The third kappa shape index (κ3) is 3.63. The van der Waals surface area contributed by atoms with Crippen LogP contribution in [0.25, 0.3) is 0 Å². The van der Waals surface area contributed by atoms with E-state index in [2.05, 4.69) is 15.4 Å². The quantitative estimate of drug-likeness (QED) is 0.818. The fraction of sp³-hybridized carbons (Fsp3) is 0.750. The first-order valence-electron chi connectivity index (χ1n) is 6.31. The van der Waals surface area contributed by atoms with Crippen LogP contribution in [-0.2, 0) is 18.3 Å². The number of nitrogens with zero attached hydrogens (tertiary/aromatic N) is 3. The van der Waals surface area contributed by atoms with Gasteiger partial charge < -0.3 is 5.32 Å². The predicted octanol–water partition coefficient (Wildman–Crippen LogP) is 0.706. The van der Waals surface area contributed by atoms with E-state index in [9.17, 15) is 4.79 Å². The average Bonchev–Trinajstić information content (AvgIpc) is 2.74. The van der Waals surface area contributed by atoms with E-state index in [-0.39, 0.29) is 5.78 Å². The smallest absolute Gasteiger partial charge is 0.140 e. The minimum atomic E-state index is 0.277. The number of rotatable bonds is 5. The Hall–Kier alpha value is -1.23. The van der Waals surface area contributed by atoms with Crippen LogP contribution in [0.5, 0.6) is 0 Å². The van der Waals surface area contributed by atoms with Gasteiger partial charge in [-0.15, -0.1) is 0 Å². The molecule has 5 nitrogen and oxygen atoms in total. The molecule has 0 atom stereocenters. The molecule has 1 aliphatic rings. The maximum Gasteiger partial charge on any atom is 0.140 e. The Bertz CT molecular complexity index is 368. The summed E-state index contributed by atoms with van der Waals surface area (Å²) >= 11 is 0. The molecule has 0 aliphatic carbocycles. The summed E-state index contributed by atoms with van der Waals surface area (Å²) in [6, 6.07) is 0. The van der Waals surface area contributed by atoms with E-state index in [1.807, 2.05) is 7.05 Å². The second kappa shape index (κ2) is 5.91. The minimum Gasteiger partial charge on any atom is -0.317 e. The highest BCUT2D eigenvalue weighted by Gasteiger charge is 2.15. The zero-order valence-corrected chi connectivity index (χ0v) is 10.4. The van der Waals surface area contributed by atoms with E-state index < -0.39 is 0 Å². The van der Waals surface area contributed by atoms with E-state index in [0.29, 0.717) is 12.8 Å². The number of aryl methyl sites for hydroxylation is 1. The van der Waals surface area contributed by atoms with Crippen molar-refractivity contribution in [2.75, 3.05) is 13.1 Å². The van der Waals surface area contributed by atoms with Gasteiger partial charge >= 0.3 is 0 Å². The number of piperidine rings is 1. The van der Waals surface area contributed by atoms with Gasteiger partial charge in [-0.25, -0.2) is 4.98 Å². The van der Waals surface area contributed by atoms with Crippen LogP contribution >= 0.6 is 0 Å². The van der Waals surface area contributed by atoms with Crippen LogP contribution in [-0.4, -0.2) is 33.6 Å². The summed E-state index contributed by atoms with van der Waals surface area (Å²) < 4.78 is 1.67. The Labute approximate surface area is 102 Å². The van der Waals surface area contributed by atoms with Crippen LogP contribution < -0.4 is 5.32 Å². The van der Waals surface area contributed by atoms with Crippen molar-refractivity contribution in [2.45, 2.75) is 32.1 Å². The molecule has 2 rings (SSSR count). The van der Waals surface area contributed by atoms with Crippen molar-refractivity contribution in [3.8, 4) is 0 Å². The van der Waals surface area contributed by atoms with Crippen LogP contribution in [0.1, 0.15) is 31.5 Å². The first-order chi connectivity index (χ1) is 8.25. The van der Waals surface area contributed by atoms with Crippen molar-refractivity contribution >= 4 is 5.78 Å². The van der Waals surface area contributed by atoms with Crippen molar-refractivity contribution in [2.24, 2.45) is 13.0 Å². The van der Waals surface area contributed by atoms with Gasteiger partial charge in [0.1, 0.15) is 17.9 Å². The Balaban J connectivity index is 1.72. The van der Waals surface area contributed by atoms with Crippen molar-refractivity contribution < 1.29 is 4.79 Å². The molecule has 5 heteroatoms. The lowest BCUT2D eigenvalue weighted by molar-refractivity contribution is -0.118. The molecule has 94 valence electrons. The lowest BCUT2D eigenvalue weighted by Gasteiger charge is -2.21. The van der Waals surface area contributed by atoms with Gasteiger partial charge in [0.15, 0.2) is 0 Å². The molecule has 0 amide bonds. The van der Waals surface area contributed by atoms with Crippen molar-refractivity contribution in [1.29, 1.82) is 0 Å². The molecule has 0 unspecified atom stereocenters. The third-order valence-corrected chi connectivity index (χ3v) is 3.45. The molecule has 1 aromatic rings. The highest BCUT2D eigenvalue weighted by atomic mass is 16.1. The average molecular weight is 236 g/mol. The molecule has 0 saturated carbocycles. The normalized spacial score (nSPS) is 17.2. The van der Waals surface area contributed by atoms with Gasteiger partial charge in [-0.05, 0) is 38.3 Å². The number of ketones is 1. The van der Waals surface area contributed by atoms with Crippen molar-refractivity contribution in [1.82, 2.24) is 20.1 Å². The van der Waals surface area contributed by atoms with Crippen LogP contribution in [0.3, 0.4) is 0 Å². The Morgan fingerprint density at radius 2 is 2.29 bits per heavy atom. The SMILES string of the molecule is Cn1ncnc1CC(=O)CCC1CCNCC1. The number of carbonyl (C=O) groups excluding carboxylic acids is 1. The number of aromatic nitrogens is 3. The second-order valence-electron chi connectivity index (χ2n) is 4.75. The fourth-order valence-electron chi connectivity index (χ4n) is 2.28. The fourth-order valence-corrected chi connectivity index (χ4v) is 2.28. The van der Waals surface area contributed by atoms with E-state index >= 15 is 0 Å². The zero-order chi connectivity index (χ0) is 12.1. The van der Waals surface area contributed by atoms with Crippen LogP contribution in [0.2, 0.25) is 0 Å². The van der Waals surface area contributed by atoms with Gasteiger partial charge in [0.2, 0.25) is 0 Å². The number of hydrogen-bond donors (Lipinski definition) is 1. The van der Waals surface area contributed by atoms with Crippen molar-refractivity contribution in [3.05, 3.63) is 12.2 Å². The van der Waals surface area contributed by atoms with E-state index in [1.54, 1.807) is 4.68 Å². The van der Waals surface area contributed by atoms with Crippen LogP contribution in [0.15, 0.2) is 6.33 Å².